The van der Waals surface area contributed by atoms with Crippen LogP contribution >= 0.6 is 11.8 Å². The zero-order valence-electron chi connectivity index (χ0n) is 7.47. The Morgan fingerprint density at radius 3 is 2.93 bits per heavy atom. The molecule has 0 aromatic carbocycles. The highest BCUT2D eigenvalue weighted by molar-refractivity contribution is 7.98. The number of thioether (sulfide) groups is 1. The van der Waals surface area contributed by atoms with Gasteiger partial charge in [0, 0.05) is 12.1 Å². The molecule has 2 aromatic heterocycles. The van der Waals surface area contributed by atoms with Crippen LogP contribution in [0.1, 0.15) is 0 Å². The van der Waals surface area contributed by atoms with Crippen molar-refractivity contribution in [2.45, 2.75) is 5.03 Å². The number of anilines is 1. The number of nitrogens with two attached hydrogens (primary N) is 1. The van der Waals surface area contributed by atoms with Crippen LogP contribution in [-0.2, 0) is 0 Å². The van der Waals surface area contributed by atoms with Crippen LogP contribution < -0.4 is 5.73 Å². The van der Waals surface area contributed by atoms with Crippen LogP contribution in [0.4, 0.5) is 5.95 Å². The fraction of sp³-hybridized carbons (Fsp3) is 0.125. The second-order valence-corrected chi connectivity index (χ2v) is 3.36. The molecule has 6 heteroatoms. The van der Waals surface area contributed by atoms with E-state index in [0.717, 1.165) is 5.03 Å². The summed E-state index contributed by atoms with van der Waals surface area (Å²) in [7, 11) is 0. The summed E-state index contributed by atoms with van der Waals surface area (Å²) in [5, 5.41) is 4.41. The molecule has 0 saturated heterocycles. The third-order valence-corrected chi connectivity index (χ3v) is 2.25. The minimum Gasteiger partial charge on any atom is -0.368 e. The molecule has 2 heterocycles. The third-order valence-electron chi connectivity index (χ3n) is 1.62. The van der Waals surface area contributed by atoms with Crippen LogP contribution in [0.25, 0.3) is 11.5 Å². The second kappa shape index (κ2) is 3.67. The van der Waals surface area contributed by atoms with Gasteiger partial charge in [0.25, 0.3) is 0 Å². The highest BCUT2D eigenvalue weighted by Crippen LogP contribution is 2.21. The van der Waals surface area contributed by atoms with E-state index in [-0.39, 0.29) is 5.95 Å². The van der Waals surface area contributed by atoms with Crippen LogP contribution in [0.3, 0.4) is 0 Å². The molecule has 0 amide bonds. The largest absolute Gasteiger partial charge is 0.368 e. The van der Waals surface area contributed by atoms with E-state index in [4.69, 9.17) is 10.3 Å². The Kier molecular flexibility index (Phi) is 2.36. The molecule has 0 fully saturated rings. The highest BCUT2D eigenvalue weighted by atomic mass is 32.2. The molecule has 14 heavy (non-hydrogen) atoms. The van der Waals surface area contributed by atoms with Crippen LogP contribution in [-0.4, -0.2) is 21.4 Å². The molecule has 2 aromatic rings. The Morgan fingerprint density at radius 1 is 1.43 bits per heavy atom. The van der Waals surface area contributed by atoms with Crippen molar-refractivity contribution in [3.8, 4) is 11.5 Å². The summed E-state index contributed by atoms with van der Waals surface area (Å²) in [6, 6.07) is 3.54. The SMILES string of the molecule is CSc1cc(-c2ccno2)nc(N)n1. The average molecular weight is 208 g/mol. The Labute approximate surface area is 84.7 Å². The predicted octanol–water partition coefficient (Wildman–Crippen LogP) is 1.44. The summed E-state index contributed by atoms with van der Waals surface area (Å²) in [6.45, 7) is 0. The van der Waals surface area contributed by atoms with Crippen molar-refractivity contribution in [3.63, 3.8) is 0 Å². The quantitative estimate of drug-likeness (QED) is 0.594. The maximum absolute atomic E-state index is 5.54. The molecular weight excluding hydrogens is 200 g/mol. The fourth-order valence-electron chi connectivity index (χ4n) is 1.02. The van der Waals surface area contributed by atoms with Gasteiger partial charge in [-0.1, -0.05) is 5.16 Å². The van der Waals surface area contributed by atoms with Crippen LogP contribution in [0.5, 0.6) is 0 Å². The molecule has 0 spiro atoms. The summed E-state index contributed by atoms with van der Waals surface area (Å²) in [6.07, 6.45) is 3.48. The third kappa shape index (κ3) is 1.69. The molecule has 0 saturated carbocycles. The minimum atomic E-state index is 0.239. The van der Waals surface area contributed by atoms with Crippen molar-refractivity contribution in [1.82, 2.24) is 15.1 Å². The molecule has 2 rings (SSSR count). The van der Waals surface area contributed by atoms with Crippen molar-refractivity contribution < 1.29 is 4.52 Å². The first kappa shape index (κ1) is 9.01. The number of rotatable bonds is 2. The van der Waals surface area contributed by atoms with Crippen LogP contribution in [0, 0.1) is 0 Å². The van der Waals surface area contributed by atoms with Gasteiger partial charge in [-0.25, -0.2) is 9.97 Å². The van der Waals surface area contributed by atoms with E-state index in [1.807, 2.05) is 12.3 Å². The molecule has 0 unspecified atom stereocenters. The fourth-order valence-corrected chi connectivity index (χ4v) is 1.44. The van der Waals surface area contributed by atoms with E-state index in [1.54, 1.807) is 12.3 Å². The van der Waals surface area contributed by atoms with Crippen molar-refractivity contribution in [2.24, 2.45) is 0 Å². The van der Waals surface area contributed by atoms with Gasteiger partial charge in [0.1, 0.15) is 10.7 Å². The van der Waals surface area contributed by atoms with Crippen molar-refractivity contribution in [2.75, 3.05) is 12.0 Å². The lowest BCUT2D eigenvalue weighted by molar-refractivity contribution is 0.431. The number of hydrogen-bond acceptors (Lipinski definition) is 6. The molecule has 2 N–H and O–H groups in total. The van der Waals surface area contributed by atoms with E-state index < -0.39 is 0 Å². The molecule has 0 bridgehead atoms. The first-order valence-corrected chi connectivity index (χ1v) is 5.11. The number of hydrogen-bond donors (Lipinski definition) is 1. The second-order valence-electron chi connectivity index (χ2n) is 2.53. The van der Waals surface area contributed by atoms with Crippen molar-refractivity contribution in [3.05, 3.63) is 18.3 Å². The molecular formula is C8H8N4OS. The number of aromatic nitrogens is 3. The summed E-state index contributed by atoms with van der Waals surface area (Å²) in [5.41, 5.74) is 6.20. The summed E-state index contributed by atoms with van der Waals surface area (Å²) < 4.78 is 4.97. The minimum absolute atomic E-state index is 0.239. The number of nitrogens with zero attached hydrogens (tertiary/aromatic N) is 3. The van der Waals surface area contributed by atoms with Gasteiger partial charge in [-0.2, -0.15) is 0 Å². The molecule has 0 aliphatic rings. The van der Waals surface area contributed by atoms with E-state index in [2.05, 4.69) is 15.1 Å². The zero-order chi connectivity index (χ0) is 9.97. The topological polar surface area (TPSA) is 77.8 Å². The summed E-state index contributed by atoms with van der Waals surface area (Å²) >= 11 is 1.50. The standard InChI is InChI=1S/C8H8N4OS/c1-14-7-4-5(11-8(9)12-7)6-2-3-10-13-6/h2-4H,1H3,(H2,9,11,12). The van der Waals surface area contributed by atoms with Gasteiger partial charge in [0.2, 0.25) is 5.95 Å². The van der Waals surface area contributed by atoms with Gasteiger partial charge < -0.3 is 10.3 Å². The van der Waals surface area contributed by atoms with Crippen LogP contribution in [0.15, 0.2) is 27.9 Å². The van der Waals surface area contributed by atoms with Gasteiger partial charge in [0.15, 0.2) is 5.76 Å². The maximum atomic E-state index is 5.54. The first-order valence-electron chi connectivity index (χ1n) is 3.89. The molecule has 72 valence electrons. The Hall–Kier alpha value is -1.56. The molecule has 0 radical (unpaired) electrons. The first-order chi connectivity index (χ1) is 6.79. The Balaban J connectivity index is 2.48. The molecule has 0 aliphatic carbocycles. The predicted molar refractivity (Wildman–Crippen MR) is 53.7 cm³/mol. The van der Waals surface area contributed by atoms with Gasteiger partial charge in [-0.3, -0.25) is 0 Å². The van der Waals surface area contributed by atoms with Gasteiger partial charge in [-0.05, 0) is 6.26 Å². The van der Waals surface area contributed by atoms with E-state index >= 15 is 0 Å². The van der Waals surface area contributed by atoms with E-state index in [0.29, 0.717) is 11.5 Å². The molecule has 5 nitrogen and oxygen atoms in total. The van der Waals surface area contributed by atoms with Gasteiger partial charge >= 0.3 is 0 Å². The number of nitrogen functional groups attached to an aromatic ring is 1. The van der Waals surface area contributed by atoms with Crippen molar-refractivity contribution in [1.29, 1.82) is 0 Å². The Morgan fingerprint density at radius 2 is 2.29 bits per heavy atom. The lowest BCUT2D eigenvalue weighted by atomic mass is 10.3. The highest BCUT2D eigenvalue weighted by Gasteiger charge is 2.06. The zero-order valence-corrected chi connectivity index (χ0v) is 8.28. The maximum Gasteiger partial charge on any atom is 0.221 e. The normalized spacial score (nSPS) is 10.4. The van der Waals surface area contributed by atoms with Gasteiger partial charge in [-0.15, -0.1) is 11.8 Å². The van der Waals surface area contributed by atoms with E-state index in [1.165, 1.54) is 11.8 Å². The van der Waals surface area contributed by atoms with E-state index in [9.17, 15) is 0 Å². The summed E-state index contributed by atoms with van der Waals surface area (Å²) in [4.78, 5) is 8.07. The van der Waals surface area contributed by atoms with Gasteiger partial charge in [0.05, 0.1) is 6.20 Å². The lowest BCUT2D eigenvalue weighted by Crippen LogP contribution is -1.97. The lowest BCUT2D eigenvalue weighted by Gasteiger charge is -1.99. The smallest absolute Gasteiger partial charge is 0.221 e. The van der Waals surface area contributed by atoms with Crippen molar-refractivity contribution >= 4 is 17.7 Å². The van der Waals surface area contributed by atoms with Crippen LogP contribution in [0.2, 0.25) is 0 Å². The monoisotopic (exact) mass is 208 g/mol. The Bertz CT molecular complexity index is 429. The molecule has 0 atom stereocenters. The summed E-state index contributed by atoms with van der Waals surface area (Å²) in [5.74, 6) is 0.831. The average Bonchev–Trinajstić information content (AvgIpc) is 2.69. The molecule has 0 aliphatic heterocycles.